The second kappa shape index (κ2) is 6.31. The number of nitrogen functional groups attached to an aromatic ring is 1. The van der Waals surface area contributed by atoms with Gasteiger partial charge in [-0.2, -0.15) is 15.6 Å². The minimum absolute atomic E-state index is 0.0612. The number of aromatic nitrogens is 2. The number of allylic oxidation sites excluding steroid dienone is 4. The normalized spacial score (nSPS) is 15.6. The van der Waals surface area contributed by atoms with Crippen LogP contribution in [-0.2, 0) is 0 Å². The molecule has 0 atom stereocenters. The number of aliphatic hydroxyl groups excluding tert-OH is 1. The Morgan fingerprint density at radius 2 is 1.88 bits per heavy atom. The van der Waals surface area contributed by atoms with Gasteiger partial charge in [-0.15, -0.1) is 0 Å². The van der Waals surface area contributed by atoms with E-state index in [2.05, 4.69) is 22.3 Å². The SMILES string of the molecule is CC1=C(C#N)C(c2ccc3[nH]nc(N)c3c2)C(C#N)=C(C)N1CCO. The van der Waals surface area contributed by atoms with E-state index in [1.54, 1.807) is 0 Å². The lowest BCUT2D eigenvalue weighted by Crippen LogP contribution is -2.31. The number of nitrogens with one attached hydrogen (secondary N) is 1. The van der Waals surface area contributed by atoms with Gasteiger partial charge in [-0.25, -0.2) is 0 Å². The maximum atomic E-state index is 9.73. The summed E-state index contributed by atoms with van der Waals surface area (Å²) in [5.74, 6) is -0.0726. The number of hydrogen-bond donors (Lipinski definition) is 3. The van der Waals surface area contributed by atoms with Crippen LogP contribution in [0.5, 0.6) is 0 Å². The van der Waals surface area contributed by atoms with Crippen LogP contribution in [0.3, 0.4) is 0 Å². The van der Waals surface area contributed by atoms with Crippen molar-refractivity contribution in [2.45, 2.75) is 19.8 Å². The van der Waals surface area contributed by atoms with Crippen LogP contribution in [0.2, 0.25) is 0 Å². The number of H-pyrrole nitrogens is 1. The predicted molar refractivity (Wildman–Crippen MR) is 93.7 cm³/mol. The Labute approximate surface area is 145 Å². The number of nitrogens with zero attached hydrogens (tertiary/aromatic N) is 4. The van der Waals surface area contributed by atoms with E-state index in [4.69, 9.17) is 5.73 Å². The summed E-state index contributed by atoms with van der Waals surface area (Å²) in [7, 11) is 0. The summed E-state index contributed by atoms with van der Waals surface area (Å²) in [4.78, 5) is 1.82. The molecule has 0 amide bonds. The lowest BCUT2D eigenvalue weighted by atomic mass is 9.80. The fraction of sp³-hybridized carbons (Fsp3) is 0.278. The van der Waals surface area contributed by atoms with Crippen LogP contribution in [0.4, 0.5) is 5.82 Å². The summed E-state index contributed by atoms with van der Waals surface area (Å²) in [6, 6.07) is 10.1. The number of β-amino-alcohol motifs (C(OH)–C–C–N with tert-alkyl or cyclic N) is 1. The van der Waals surface area contributed by atoms with Gasteiger partial charge in [0.05, 0.1) is 41.3 Å². The van der Waals surface area contributed by atoms with Gasteiger partial charge < -0.3 is 15.7 Å². The smallest absolute Gasteiger partial charge is 0.153 e. The summed E-state index contributed by atoms with van der Waals surface area (Å²) in [5.41, 5.74) is 10.0. The summed E-state index contributed by atoms with van der Waals surface area (Å²) < 4.78 is 0. The molecule has 4 N–H and O–H groups in total. The van der Waals surface area contributed by atoms with E-state index in [0.29, 0.717) is 23.5 Å². The molecule has 7 nitrogen and oxygen atoms in total. The first-order valence-electron chi connectivity index (χ1n) is 7.87. The van der Waals surface area contributed by atoms with Crippen LogP contribution in [0.15, 0.2) is 40.7 Å². The molecule has 1 aromatic carbocycles. The van der Waals surface area contributed by atoms with Crippen molar-refractivity contribution in [2.75, 3.05) is 18.9 Å². The molecule has 1 aliphatic rings. The standard InChI is InChI=1S/C18H18N6O/c1-10-14(8-19)17(15(9-20)11(2)24(10)5-6-25)12-3-4-16-13(7-12)18(21)23-22-16/h3-4,7,17,25H,5-6H2,1-2H3,(H3,21,22,23). The van der Waals surface area contributed by atoms with Crippen molar-refractivity contribution in [2.24, 2.45) is 0 Å². The van der Waals surface area contributed by atoms with E-state index >= 15 is 0 Å². The molecular formula is C18H18N6O. The quantitative estimate of drug-likeness (QED) is 0.789. The number of anilines is 1. The van der Waals surface area contributed by atoms with Crippen LogP contribution in [0.25, 0.3) is 10.9 Å². The van der Waals surface area contributed by atoms with Crippen molar-refractivity contribution in [1.29, 1.82) is 10.5 Å². The first-order valence-corrected chi connectivity index (χ1v) is 7.87. The molecule has 2 heterocycles. The second-order valence-electron chi connectivity index (χ2n) is 5.94. The van der Waals surface area contributed by atoms with E-state index < -0.39 is 5.92 Å². The van der Waals surface area contributed by atoms with E-state index in [9.17, 15) is 15.6 Å². The molecular weight excluding hydrogens is 316 g/mol. The van der Waals surface area contributed by atoms with Crippen LogP contribution in [-0.4, -0.2) is 33.4 Å². The Morgan fingerprint density at radius 3 is 2.44 bits per heavy atom. The third-order valence-electron chi connectivity index (χ3n) is 4.68. The first-order chi connectivity index (χ1) is 12.0. The molecule has 0 fully saturated rings. The molecule has 0 spiro atoms. The van der Waals surface area contributed by atoms with E-state index in [1.165, 1.54) is 0 Å². The third-order valence-corrected chi connectivity index (χ3v) is 4.68. The molecule has 0 unspecified atom stereocenters. The molecule has 0 saturated carbocycles. The van der Waals surface area contributed by atoms with Gasteiger partial charge in [0.1, 0.15) is 0 Å². The van der Waals surface area contributed by atoms with E-state index in [0.717, 1.165) is 27.9 Å². The highest BCUT2D eigenvalue weighted by molar-refractivity contribution is 5.89. The molecule has 0 saturated heterocycles. The number of aromatic amines is 1. The topological polar surface area (TPSA) is 126 Å². The predicted octanol–water partition coefficient (Wildman–Crippen LogP) is 2.13. The lowest BCUT2D eigenvalue weighted by molar-refractivity contribution is 0.246. The zero-order valence-corrected chi connectivity index (χ0v) is 14.0. The van der Waals surface area contributed by atoms with Crippen molar-refractivity contribution in [3.8, 4) is 12.1 Å². The maximum absolute atomic E-state index is 9.73. The Hall–Kier alpha value is -3.29. The molecule has 1 aromatic heterocycles. The number of benzene rings is 1. The van der Waals surface area contributed by atoms with Gasteiger partial charge >= 0.3 is 0 Å². The van der Waals surface area contributed by atoms with Crippen LogP contribution < -0.4 is 5.73 Å². The van der Waals surface area contributed by atoms with Gasteiger partial charge in [0.25, 0.3) is 0 Å². The summed E-state index contributed by atoms with van der Waals surface area (Å²) in [5, 5.41) is 36.4. The molecule has 1 aliphatic heterocycles. The average Bonchev–Trinajstić information content (AvgIpc) is 2.99. The average molecular weight is 334 g/mol. The molecule has 0 bridgehead atoms. The minimum Gasteiger partial charge on any atom is -0.395 e. The highest BCUT2D eigenvalue weighted by Gasteiger charge is 2.33. The van der Waals surface area contributed by atoms with Gasteiger partial charge in [0.15, 0.2) is 5.82 Å². The Morgan fingerprint density at radius 1 is 1.24 bits per heavy atom. The van der Waals surface area contributed by atoms with E-state index in [-0.39, 0.29) is 6.61 Å². The summed E-state index contributed by atoms with van der Waals surface area (Å²) in [6.45, 7) is 3.95. The van der Waals surface area contributed by atoms with Gasteiger partial charge in [-0.3, -0.25) is 5.10 Å². The van der Waals surface area contributed by atoms with Gasteiger partial charge in [0, 0.05) is 23.3 Å². The number of aliphatic hydroxyl groups is 1. The monoisotopic (exact) mass is 334 g/mol. The van der Waals surface area contributed by atoms with Crippen molar-refractivity contribution in [1.82, 2.24) is 15.1 Å². The second-order valence-corrected chi connectivity index (χ2v) is 5.94. The molecule has 0 radical (unpaired) electrons. The zero-order chi connectivity index (χ0) is 18.1. The largest absolute Gasteiger partial charge is 0.395 e. The number of nitrogens with two attached hydrogens (primary N) is 1. The van der Waals surface area contributed by atoms with E-state index in [1.807, 2.05) is 36.9 Å². The third kappa shape index (κ3) is 2.51. The van der Waals surface area contributed by atoms with Crippen LogP contribution in [0.1, 0.15) is 25.3 Å². The highest BCUT2D eigenvalue weighted by atomic mass is 16.3. The fourth-order valence-corrected chi connectivity index (χ4v) is 3.40. The zero-order valence-electron chi connectivity index (χ0n) is 14.0. The maximum Gasteiger partial charge on any atom is 0.153 e. The first kappa shape index (κ1) is 16.6. The minimum atomic E-state index is -0.455. The molecule has 7 heteroatoms. The van der Waals surface area contributed by atoms with Crippen LogP contribution in [0, 0.1) is 22.7 Å². The molecule has 0 aliphatic carbocycles. The molecule has 3 rings (SSSR count). The fourth-order valence-electron chi connectivity index (χ4n) is 3.40. The number of nitriles is 2. The number of hydrogen-bond acceptors (Lipinski definition) is 6. The van der Waals surface area contributed by atoms with Gasteiger partial charge in [0.2, 0.25) is 0 Å². The van der Waals surface area contributed by atoms with Crippen molar-refractivity contribution >= 4 is 16.7 Å². The summed E-state index contributed by atoms with van der Waals surface area (Å²) >= 11 is 0. The van der Waals surface area contributed by atoms with Gasteiger partial charge in [-0.1, -0.05) is 6.07 Å². The van der Waals surface area contributed by atoms with Crippen molar-refractivity contribution in [3.05, 3.63) is 46.3 Å². The van der Waals surface area contributed by atoms with Gasteiger partial charge in [-0.05, 0) is 31.5 Å². The molecule has 2 aromatic rings. The summed E-state index contributed by atoms with van der Waals surface area (Å²) in [6.07, 6.45) is 0. The van der Waals surface area contributed by atoms with Crippen LogP contribution >= 0.6 is 0 Å². The highest BCUT2D eigenvalue weighted by Crippen LogP contribution is 2.41. The van der Waals surface area contributed by atoms with Crippen molar-refractivity contribution in [3.63, 3.8) is 0 Å². The number of rotatable bonds is 3. The Kier molecular flexibility index (Phi) is 4.18. The molecule has 126 valence electrons. The number of fused-ring (bicyclic) bond motifs is 1. The van der Waals surface area contributed by atoms with Crippen molar-refractivity contribution < 1.29 is 5.11 Å². The lowest BCUT2D eigenvalue weighted by Gasteiger charge is -2.35. The Balaban J connectivity index is 2.22. The Bertz CT molecular complexity index is 947. The molecule has 25 heavy (non-hydrogen) atoms.